The number of methoxy groups -OCH3 is 1. The van der Waals surface area contributed by atoms with Gasteiger partial charge >= 0.3 is 0 Å². The number of hydrogen-bond donors (Lipinski definition) is 2. The third kappa shape index (κ3) is 4.66. The molecule has 140 valence electrons. The molecule has 0 unspecified atom stereocenters. The standard InChI is InChI=1S/C20H32N2O3/c1-4-20(5-2,14-21)19(23)22-13-15-10-11-17(24-3)12-18(15)25-16-8-6-7-9-16/h10-12,16H,4-9,13-14,21H2,1-3H3,(H,22,23). The molecule has 0 heterocycles. The molecule has 0 saturated heterocycles. The first-order valence-corrected chi connectivity index (χ1v) is 9.40. The largest absolute Gasteiger partial charge is 0.497 e. The minimum atomic E-state index is -0.487. The van der Waals surface area contributed by atoms with E-state index in [9.17, 15) is 4.79 Å². The van der Waals surface area contributed by atoms with Crippen LogP contribution in [-0.2, 0) is 11.3 Å². The number of carbonyl (C=O) groups excluding carboxylic acids is 1. The Labute approximate surface area is 151 Å². The molecule has 3 N–H and O–H groups in total. The molecule has 5 heteroatoms. The molecule has 1 fully saturated rings. The van der Waals surface area contributed by atoms with Crippen LogP contribution in [0.15, 0.2) is 18.2 Å². The first-order valence-electron chi connectivity index (χ1n) is 9.40. The monoisotopic (exact) mass is 348 g/mol. The number of benzene rings is 1. The van der Waals surface area contributed by atoms with Crippen molar-refractivity contribution in [2.75, 3.05) is 13.7 Å². The topological polar surface area (TPSA) is 73.6 Å². The third-order valence-electron chi connectivity index (χ3n) is 5.54. The Morgan fingerprint density at radius 1 is 1.28 bits per heavy atom. The van der Waals surface area contributed by atoms with Gasteiger partial charge in [-0.05, 0) is 50.7 Å². The molecule has 2 rings (SSSR count). The molecular formula is C20H32N2O3. The summed E-state index contributed by atoms with van der Waals surface area (Å²) in [4.78, 5) is 12.7. The van der Waals surface area contributed by atoms with Crippen molar-refractivity contribution in [3.05, 3.63) is 23.8 Å². The molecule has 1 aliphatic carbocycles. The Morgan fingerprint density at radius 2 is 1.96 bits per heavy atom. The minimum Gasteiger partial charge on any atom is -0.497 e. The summed E-state index contributed by atoms with van der Waals surface area (Å²) in [6.45, 7) is 4.82. The fourth-order valence-corrected chi connectivity index (χ4v) is 3.42. The molecule has 0 spiro atoms. The normalized spacial score (nSPS) is 15.2. The van der Waals surface area contributed by atoms with Crippen LogP contribution in [0.5, 0.6) is 11.5 Å². The third-order valence-corrected chi connectivity index (χ3v) is 5.54. The molecule has 25 heavy (non-hydrogen) atoms. The van der Waals surface area contributed by atoms with E-state index in [1.807, 2.05) is 32.0 Å². The maximum Gasteiger partial charge on any atom is 0.227 e. The summed E-state index contributed by atoms with van der Waals surface area (Å²) >= 11 is 0. The second-order valence-corrected chi connectivity index (χ2v) is 6.87. The number of rotatable bonds is 9. The van der Waals surface area contributed by atoms with Crippen LogP contribution in [0.25, 0.3) is 0 Å². The van der Waals surface area contributed by atoms with Crippen molar-refractivity contribution in [2.24, 2.45) is 11.1 Å². The highest BCUT2D eigenvalue weighted by Crippen LogP contribution is 2.30. The first kappa shape index (κ1) is 19.6. The lowest BCUT2D eigenvalue weighted by Gasteiger charge is -2.28. The van der Waals surface area contributed by atoms with E-state index in [0.717, 1.165) is 42.7 Å². The van der Waals surface area contributed by atoms with Crippen molar-refractivity contribution in [1.82, 2.24) is 5.32 Å². The van der Waals surface area contributed by atoms with Gasteiger partial charge in [0.2, 0.25) is 5.91 Å². The quantitative estimate of drug-likeness (QED) is 0.717. The van der Waals surface area contributed by atoms with Crippen LogP contribution in [0.1, 0.15) is 57.9 Å². The van der Waals surface area contributed by atoms with Crippen molar-refractivity contribution >= 4 is 5.91 Å². The van der Waals surface area contributed by atoms with E-state index in [1.165, 1.54) is 12.8 Å². The van der Waals surface area contributed by atoms with Crippen LogP contribution in [-0.4, -0.2) is 25.7 Å². The summed E-state index contributed by atoms with van der Waals surface area (Å²) in [7, 11) is 1.65. The van der Waals surface area contributed by atoms with E-state index in [0.29, 0.717) is 13.1 Å². The van der Waals surface area contributed by atoms with Crippen LogP contribution in [0.3, 0.4) is 0 Å². The van der Waals surface area contributed by atoms with Crippen LogP contribution in [0.2, 0.25) is 0 Å². The Kier molecular flexibility index (Phi) is 7.12. The Balaban J connectivity index is 2.10. The van der Waals surface area contributed by atoms with E-state index in [4.69, 9.17) is 15.2 Å². The molecule has 0 bridgehead atoms. The van der Waals surface area contributed by atoms with Gasteiger partial charge in [0.05, 0.1) is 18.6 Å². The predicted molar refractivity (Wildman–Crippen MR) is 99.8 cm³/mol. The predicted octanol–water partition coefficient (Wildman–Crippen LogP) is 3.40. The lowest BCUT2D eigenvalue weighted by atomic mass is 9.81. The molecule has 0 radical (unpaired) electrons. The molecule has 0 atom stereocenters. The number of carbonyl (C=O) groups is 1. The summed E-state index contributed by atoms with van der Waals surface area (Å²) < 4.78 is 11.5. The fourth-order valence-electron chi connectivity index (χ4n) is 3.42. The van der Waals surface area contributed by atoms with Gasteiger partial charge in [-0.2, -0.15) is 0 Å². The summed E-state index contributed by atoms with van der Waals surface area (Å²) in [5.41, 5.74) is 6.36. The van der Waals surface area contributed by atoms with Gasteiger partial charge in [-0.3, -0.25) is 4.79 Å². The zero-order valence-corrected chi connectivity index (χ0v) is 15.8. The maximum atomic E-state index is 12.7. The minimum absolute atomic E-state index is 0.0163. The second kappa shape index (κ2) is 9.09. The van der Waals surface area contributed by atoms with Gasteiger partial charge in [0.15, 0.2) is 0 Å². The zero-order valence-electron chi connectivity index (χ0n) is 15.8. The second-order valence-electron chi connectivity index (χ2n) is 6.87. The molecule has 1 aromatic carbocycles. The summed E-state index contributed by atoms with van der Waals surface area (Å²) in [5, 5.41) is 3.06. The summed E-state index contributed by atoms with van der Waals surface area (Å²) in [6, 6.07) is 5.78. The molecule has 5 nitrogen and oxygen atoms in total. The van der Waals surface area contributed by atoms with Crippen molar-refractivity contribution in [2.45, 2.75) is 65.0 Å². The Bertz CT molecular complexity index is 556. The highest BCUT2D eigenvalue weighted by Gasteiger charge is 2.33. The van der Waals surface area contributed by atoms with E-state index >= 15 is 0 Å². The van der Waals surface area contributed by atoms with Crippen LogP contribution >= 0.6 is 0 Å². The highest BCUT2D eigenvalue weighted by molar-refractivity contribution is 5.82. The SMILES string of the molecule is CCC(CC)(CN)C(=O)NCc1ccc(OC)cc1OC1CCCC1. The van der Waals surface area contributed by atoms with Crippen LogP contribution in [0, 0.1) is 5.41 Å². The molecule has 0 aliphatic heterocycles. The Hall–Kier alpha value is -1.75. The van der Waals surface area contributed by atoms with E-state index in [2.05, 4.69) is 5.32 Å². The number of nitrogens with two attached hydrogens (primary N) is 1. The van der Waals surface area contributed by atoms with Crippen LogP contribution in [0.4, 0.5) is 0 Å². The molecule has 1 aliphatic rings. The number of nitrogens with one attached hydrogen (secondary N) is 1. The van der Waals surface area contributed by atoms with Gasteiger partial charge in [0.25, 0.3) is 0 Å². The lowest BCUT2D eigenvalue weighted by molar-refractivity contribution is -0.131. The van der Waals surface area contributed by atoms with Crippen molar-refractivity contribution in [1.29, 1.82) is 0 Å². The van der Waals surface area contributed by atoms with Crippen molar-refractivity contribution < 1.29 is 14.3 Å². The average Bonchev–Trinajstić information content (AvgIpc) is 3.15. The van der Waals surface area contributed by atoms with E-state index in [1.54, 1.807) is 7.11 Å². The number of ether oxygens (including phenoxy) is 2. The van der Waals surface area contributed by atoms with Gasteiger partial charge in [-0.15, -0.1) is 0 Å². The number of amides is 1. The molecular weight excluding hydrogens is 316 g/mol. The van der Waals surface area contributed by atoms with E-state index in [-0.39, 0.29) is 12.0 Å². The van der Waals surface area contributed by atoms with Crippen LogP contribution < -0.4 is 20.5 Å². The fraction of sp³-hybridized carbons (Fsp3) is 0.650. The lowest BCUT2D eigenvalue weighted by Crippen LogP contribution is -2.45. The summed E-state index contributed by atoms with van der Waals surface area (Å²) in [5.74, 6) is 1.59. The summed E-state index contributed by atoms with van der Waals surface area (Å²) in [6.07, 6.45) is 6.34. The van der Waals surface area contributed by atoms with E-state index < -0.39 is 5.41 Å². The van der Waals surface area contributed by atoms with Gasteiger partial charge in [0.1, 0.15) is 11.5 Å². The van der Waals surface area contributed by atoms with Crippen molar-refractivity contribution in [3.63, 3.8) is 0 Å². The number of hydrogen-bond acceptors (Lipinski definition) is 4. The van der Waals surface area contributed by atoms with Gasteiger partial charge in [0, 0.05) is 24.7 Å². The molecule has 0 aromatic heterocycles. The zero-order chi connectivity index (χ0) is 18.3. The average molecular weight is 348 g/mol. The van der Waals surface area contributed by atoms with Gasteiger partial charge < -0.3 is 20.5 Å². The van der Waals surface area contributed by atoms with Gasteiger partial charge in [-0.1, -0.05) is 13.8 Å². The maximum absolute atomic E-state index is 12.7. The first-order chi connectivity index (χ1) is 12.1. The molecule has 1 aromatic rings. The Morgan fingerprint density at radius 3 is 2.52 bits per heavy atom. The molecule has 1 saturated carbocycles. The highest BCUT2D eigenvalue weighted by atomic mass is 16.5. The molecule has 1 amide bonds. The van der Waals surface area contributed by atoms with Crippen molar-refractivity contribution in [3.8, 4) is 11.5 Å². The smallest absolute Gasteiger partial charge is 0.227 e. The van der Waals surface area contributed by atoms with Gasteiger partial charge in [-0.25, -0.2) is 0 Å².